The molecule has 1 aromatic carbocycles. The summed E-state index contributed by atoms with van der Waals surface area (Å²) in [6, 6.07) is 1.69. The van der Waals surface area contributed by atoms with Crippen LogP contribution < -0.4 is 15.8 Å². The van der Waals surface area contributed by atoms with Crippen LogP contribution in [0.5, 0.6) is 5.75 Å². The van der Waals surface area contributed by atoms with E-state index in [1.807, 2.05) is 0 Å². The van der Waals surface area contributed by atoms with Crippen molar-refractivity contribution in [1.82, 2.24) is 14.9 Å². The lowest BCUT2D eigenvalue weighted by Gasteiger charge is -2.41. The molecule has 1 fully saturated rings. The zero-order chi connectivity index (χ0) is 23.3. The second kappa shape index (κ2) is 7.88. The zero-order valence-corrected chi connectivity index (χ0v) is 17.3. The van der Waals surface area contributed by atoms with E-state index in [1.165, 1.54) is 9.58 Å². The molecule has 1 saturated heterocycles. The number of halogens is 3. The van der Waals surface area contributed by atoms with Crippen LogP contribution in [0.2, 0.25) is 0 Å². The number of hydrogen-bond acceptors (Lipinski definition) is 5. The quantitative estimate of drug-likeness (QED) is 0.742. The number of carbonyl (C=O) groups is 2. The van der Waals surface area contributed by atoms with Gasteiger partial charge in [0, 0.05) is 36.8 Å². The molecule has 0 radical (unpaired) electrons. The molecule has 0 unspecified atom stereocenters. The number of carbonyl (C=O) groups excluding carboxylic acids is 2. The van der Waals surface area contributed by atoms with Crippen molar-refractivity contribution in [3.8, 4) is 5.75 Å². The molecule has 11 heteroatoms. The number of nitrogens with zero attached hydrogens (tertiary/aromatic N) is 3. The fourth-order valence-corrected chi connectivity index (χ4v) is 4.02. The third-order valence-corrected chi connectivity index (χ3v) is 5.99. The Hall–Kier alpha value is -3.50. The molecule has 2 amide bonds. The highest BCUT2D eigenvalue weighted by Gasteiger charge is 2.43. The van der Waals surface area contributed by atoms with E-state index >= 15 is 0 Å². The molecule has 3 heterocycles. The summed E-state index contributed by atoms with van der Waals surface area (Å²) in [5.74, 6) is -4.21. The van der Waals surface area contributed by atoms with Crippen molar-refractivity contribution in [2.24, 2.45) is 0 Å². The highest BCUT2D eigenvalue weighted by Crippen LogP contribution is 2.30. The van der Waals surface area contributed by atoms with Crippen molar-refractivity contribution in [3.05, 3.63) is 63.1 Å². The van der Waals surface area contributed by atoms with E-state index in [1.54, 1.807) is 18.9 Å². The molecule has 2 bridgehead atoms. The molecular weight excluding hydrogens is 429 g/mol. The minimum absolute atomic E-state index is 0.00281. The molecule has 0 aliphatic carbocycles. The van der Waals surface area contributed by atoms with E-state index in [9.17, 15) is 32.7 Å². The molecule has 170 valence electrons. The highest BCUT2D eigenvalue weighted by molar-refractivity contribution is 5.99. The summed E-state index contributed by atoms with van der Waals surface area (Å²) in [5.41, 5.74) is -1.91. The lowest BCUT2D eigenvalue weighted by molar-refractivity contribution is 0.0553. The molecule has 0 spiro atoms. The van der Waals surface area contributed by atoms with Gasteiger partial charge in [-0.1, -0.05) is 6.07 Å². The monoisotopic (exact) mass is 450 g/mol. The van der Waals surface area contributed by atoms with Crippen LogP contribution in [0.15, 0.2) is 29.2 Å². The second-order valence-corrected chi connectivity index (χ2v) is 8.03. The highest BCUT2D eigenvalue weighted by atomic mass is 19.1. The Balaban J connectivity index is 1.70. The maximum Gasteiger partial charge on any atom is 0.278 e. The smallest absolute Gasteiger partial charge is 0.278 e. The van der Waals surface area contributed by atoms with Crippen LogP contribution in [-0.2, 0) is 6.54 Å². The largest absolute Gasteiger partial charge is 0.502 e. The van der Waals surface area contributed by atoms with Crippen molar-refractivity contribution in [3.63, 3.8) is 0 Å². The molecule has 3 atom stereocenters. The van der Waals surface area contributed by atoms with Gasteiger partial charge in [-0.05, 0) is 19.9 Å². The Morgan fingerprint density at radius 2 is 1.97 bits per heavy atom. The van der Waals surface area contributed by atoms with Crippen LogP contribution in [0.3, 0.4) is 0 Å². The number of benzene rings is 1. The second-order valence-electron chi connectivity index (χ2n) is 8.03. The first-order valence-electron chi connectivity index (χ1n) is 10.0. The predicted molar refractivity (Wildman–Crippen MR) is 108 cm³/mol. The first kappa shape index (κ1) is 21.7. The summed E-state index contributed by atoms with van der Waals surface area (Å²) in [5, 5.41) is 14.4. The van der Waals surface area contributed by atoms with Crippen molar-refractivity contribution < 1.29 is 27.9 Å². The minimum atomic E-state index is -1.31. The normalized spacial score (nSPS) is 22.4. The van der Waals surface area contributed by atoms with Crippen molar-refractivity contribution in [2.75, 3.05) is 11.7 Å². The van der Waals surface area contributed by atoms with Gasteiger partial charge in [0.25, 0.3) is 11.8 Å². The summed E-state index contributed by atoms with van der Waals surface area (Å²) in [7, 11) is 0. The molecular formula is C21H21F3N4O4. The number of amides is 2. The van der Waals surface area contributed by atoms with Crippen molar-refractivity contribution >= 4 is 11.8 Å². The number of pyridine rings is 1. The van der Waals surface area contributed by atoms with Gasteiger partial charge in [-0.15, -0.1) is 0 Å². The minimum Gasteiger partial charge on any atom is -0.502 e. The number of hydrogen-bond donors (Lipinski definition) is 2. The van der Waals surface area contributed by atoms with E-state index in [0.29, 0.717) is 6.07 Å². The topological polar surface area (TPSA) is 94.9 Å². The van der Waals surface area contributed by atoms with E-state index in [4.69, 9.17) is 0 Å². The Morgan fingerprint density at radius 3 is 2.66 bits per heavy atom. The van der Waals surface area contributed by atoms with Crippen molar-refractivity contribution in [1.29, 1.82) is 0 Å². The standard InChI is InChI=1S/C21H21F3N4O4/c1-10-5-15(23)11(2)26-9-28(10)27-8-14(18(29)19(30)17(27)21(26)32)20(31)25-7-12-3-4-13(22)6-16(12)24/h3-4,6,8,10-11,15,30H,5,7,9H2,1-2H3,(H,25,31)/t10-,11+,15+/m1/s1. The van der Waals surface area contributed by atoms with Gasteiger partial charge in [0.15, 0.2) is 11.4 Å². The summed E-state index contributed by atoms with van der Waals surface area (Å²) in [6.07, 6.45) is -0.0955. The van der Waals surface area contributed by atoms with Gasteiger partial charge in [-0.2, -0.15) is 0 Å². The third-order valence-electron chi connectivity index (χ3n) is 5.99. The Bertz CT molecular complexity index is 1170. The van der Waals surface area contributed by atoms with Crippen molar-refractivity contribution in [2.45, 2.75) is 45.1 Å². The maximum absolute atomic E-state index is 14.6. The van der Waals surface area contributed by atoms with Crippen LogP contribution >= 0.6 is 0 Å². The van der Waals surface area contributed by atoms with Gasteiger partial charge < -0.3 is 15.3 Å². The molecule has 1 aromatic heterocycles. The SMILES string of the molecule is C[C@@H]1C[C@H](F)[C@H](C)N2CN1n1cc(C(=O)NCc3ccc(F)cc3F)c(=O)c(O)c1C2=O. The number of rotatable bonds is 3. The fraction of sp³-hybridized carbons (Fsp3) is 0.381. The Kier molecular flexibility index (Phi) is 5.35. The molecule has 0 saturated carbocycles. The molecule has 32 heavy (non-hydrogen) atoms. The van der Waals surface area contributed by atoms with Crippen LogP contribution in [-0.4, -0.2) is 51.4 Å². The van der Waals surface area contributed by atoms with Crippen LogP contribution in [0.1, 0.15) is 46.7 Å². The molecule has 2 aliphatic rings. The van der Waals surface area contributed by atoms with E-state index < -0.39 is 58.4 Å². The Labute approximate surface area is 180 Å². The van der Waals surface area contributed by atoms with E-state index in [-0.39, 0.29) is 30.9 Å². The van der Waals surface area contributed by atoms with E-state index in [0.717, 1.165) is 18.3 Å². The van der Waals surface area contributed by atoms with Crippen LogP contribution in [0.4, 0.5) is 13.2 Å². The number of fused-ring (bicyclic) bond motifs is 4. The summed E-state index contributed by atoms with van der Waals surface area (Å²) >= 11 is 0. The third kappa shape index (κ3) is 3.47. The van der Waals surface area contributed by atoms with Gasteiger partial charge in [-0.25, -0.2) is 13.2 Å². The predicted octanol–water partition coefficient (Wildman–Crippen LogP) is 1.63. The average molecular weight is 450 g/mol. The number of nitrogens with one attached hydrogen (secondary N) is 1. The summed E-state index contributed by atoms with van der Waals surface area (Å²) in [4.78, 5) is 39.5. The summed E-state index contributed by atoms with van der Waals surface area (Å²) in [6.45, 7) is 2.97. The van der Waals surface area contributed by atoms with Gasteiger partial charge >= 0.3 is 0 Å². The zero-order valence-electron chi connectivity index (χ0n) is 17.3. The first-order valence-corrected chi connectivity index (χ1v) is 10.0. The molecule has 2 aromatic rings. The maximum atomic E-state index is 14.6. The average Bonchev–Trinajstić information content (AvgIpc) is 2.83. The van der Waals surface area contributed by atoms with Crippen LogP contribution in [0, 0.1) is 11.6 Å². The molecule has 4 rings (SSSR count). The lowest BCUT2D eigenvalue weighted by Crippen LogP contribution is -2.57. The van der Waals surface area contributed by atoms with E-state index in [2.05, 4.69) is 5.32 Å². The molecule has 2 N–H and O–H groups in total. The fourth-order valence-electron chi connectivity index (χ4n) is 4.02. The van der Waals surface area contributed by atoms with Gasteiger partial charge in [0.1, 0.15) is 30.0 Å². The molecule has 2 aliphatic heterocycles. The Morgan fingerprint density at radius 1 is 1.25 bits per heavy atom. The number of alkyl halides is 1. The van der Waals surface area contributed by atoms with Gasteiger partial charge in [0.2, 0.25) is 5.43 Å². The first-order chi connectivity index (χ1) is 15.1. The number of aromatic nitrogens is 1. The lowest BCUT2D eigenvalue weighted by atomic mass is 10.1. The summed E-state index contributed by atoms with van der Waals surface area (Å²) < 4.78 is 42.6. The van der Waals surface area contributed by atoms with Gasteiger partial charge in [-0.3, -0.25) is 24.1 Å². The molecule has 8 nitrogen and oxygen atoms in total. The van der Waals surface area contributed by atoms with Gasteiger partial charge in [0.05, 0.1) is 6.04 Å². The van der Waals surface area contributed by atoms with Crippen LogP contribution in [0.25, 0.3) is 0 Å². The number of aromatic hydroxyl groups is 1.